The van der Waals surface area contributed by atoms with Gasteiger partial charge in [-0.3, -0.25) is 0 Å². The second kappa shape index (κ2) is 6.11. The molecule has 20 heavy (non-hydrogen) atoms. The SMILES string of the molecule is Cc1ncc(C=CC(=O)O)n1Cc1ccc(Cl)cc1Cl. The van der Waals surface area contributed by atoms with Gasteiger partial charge in [-0.1, -0.05) is 29.3 Å². The number of aryl methyl sites for hydroxylation is 1. The molecule has 0 radical (unpaired) electrons. The molecule has 0 fully saturated rings. The van der Waals surface area contributed by atoms with Gasteiger partial charge in [-0.2, -0.15) is 0 Å². The van der Waals surface area contributed by atoms with Crippen LogP contribution in [0.25, 0.3) is 6.08 Å². The molecule has 0 atom stereocenters. The zero-order valence-corrected chi connectivity index (χ0v) is 12.2. The van der Waals surface area contributed by atoms with Crippen molar-refractivity contribution < 1.29 is 9.90 Å². The van der Waals surface area contributed by atoms with Gasteiger partial charge in [0.25, 0.3) is 0 Å². The number of carboxylic acid groups (broad SMARTS) is 1. The van der Waals surface area contributed by atoms with Crippen LogP contribution in [-0.4, -0.2) is 20.6 Å². The average molecular weight is 311 g/mol. The monoisotopic (exact) mass is 310 g/mol. The fourth-order valence-electron chi connectivity index (χ4n) is 1.80. The Labute approximate surface area is 126 Å². The highest BCUT2D eigenvalue weighted by molar-refractivity contribution is 6.35. The first-order valence-electron chi connectivity index (χ1n) is 5.84. The summed E-state index contributed by atoms with van der Waals surface area (Å²) in [6, 6.07) is 5.29. The molecule has 0 saturated carbocycles. The first-order chi connectivity index (χ1) is 9.47. The molecule has 1 aromatic carbocycles. The van der Waals surface area contributed by atoms with Crippen molar-refractivity contribution in [1.29, 1.82) is 0 Å². The molecule has 2 aromatic rings. The number of carboxylic acids is 1. The van der Waals surface area contributed by atoms with Gasteiger partial charge in [0.1, 0.15) is 5.82 Å². The summed E-state index contributed by atoms with van der Waals surface area (Å²) in [5, 5.41) is 9.83. The summed E-state index contributed by atoms with van der Waals surface area (Å²) in [4.78, 5) is 14.8. The Morgan fingerprint density at radius 3 is 2.85 bits per heavy atom. The number of halogens is 2. The van der Waals surface area contributed by atoms with Crippen LogP contribution in [0, 0.1) is 6.92 Å². The van der Waals surface area contributed by atoms with Crippen LogP contribution in [0.5, 0.6) is 0 Å². The van der Waals surface area contributed by atoms with Crippen molar-refractivity contribution in [3.05, 3.63) is 57.6 Å². The zero-order valence-electron chi connectivity index (χ0n) is 10.7. The lowest BCUT2D eigenvalue weighted by Gasteiger charge is -2.10. The Balaban J connectivity index is 2.33. The molecule has 0 unspecified atom stereocenters. The van der Waals surface area contributed by atoms with E-state index in [2.05, 4.69) is 4.98 Å². The van der Waals surface area contributed by atoms with Crippen molar-refractivity contribution >= 4 is 35.2 Å². The predicted octanol–water partition coefficient (Wildman–Crippen LogP) is 3.64. The van der Waals surface area contributed by atoms with Gasteiger partial charge < -0.3 is 9.67 Å². The minimum Gasteiger partial charge on any atom is -0.478 e. The van der Waals surface area contributed by atoms with Gasteiger partial charge >= 0.3 is 5.97 Å². The maximum absolute atomic E-state index is 10.6. The maximum atomic E-state index is 10.6. The molecular formula is C14H12Cl2N2O2. The number of imidazole rings is 1. The van der Waals surface area contributed by atoms with E-state index in [1.165, 1.54) is 6.08 Å². The second-order valence-electron chi connectivity index (χ2n) is 4.22. The summed E-state index contributed by atoms with van der Waals surface area (Å²) < 4.78 is 1.88. The first kappa shape index (κ1) is 14.6. The normalized spacial score (nSPS) is 11.2. The molecular weight excluding hydrogens is 299 g/mol. The molecule has 1 aromatic heterocycles. The number of carbonyl (C=O) groups is 1. The second-order valence-corrected chi connectivity index (χ2v) is 5.07. The van der Waals surface area contributed by atoms with Crippen LogP contribution in [0.4, 0.5) is 0 Å². The quantitative estimate of drug-likeness (QED) is 0.877. The lowest BCUT2D eigenvalue weighted by molar-refractivity contribution is -0.131. The van der Waals surface area contributed by atoms with E-state index in [-0.39, 0.29) is 0 Å². The summed E-state index contributed by atoms with van der Waals surface area (Å²) in [7, 11) is 0. The minimum atomic E-state index is -1.00. The topological polar surface area (TPSA) is 55.1 Å². The summed E-state index contributed by atoms with van der Waals surface area (Å²) in [5.41, 5.74) is 1.60. The van der Waals surface area contributed by atoms with E-state index in [1.807, 2.05) is 17.6 Å². The van der Waals surface area contributed by atoms with Gasteiger partial charge in [0.05, 0.1) is 18.4 Å². The van der Waals surface area contributed by atoms with E-state index >= 15 is 0 Å². The number of hydrogen-bond donors (Lipinski definition) is 1. The number of rotatable bonds is 4. The van der Waals surface area contributed by atoms with Crippen LogP contribution in [0.15, 0.2) is 30.5 Å². The van der Waals surface area contributed by atoms with Crippen molar-refractivity contribution in [1.82, 2.24) is 9.55 Å². The highest BCUT2D eigenvalue weighted by atomic mass is 35.5. The van der Waals surface area contributed by atoms with Gasteiger partial charge in [0.2, 0.25) is 0 Å². The van der Waals surface area contributed by atoms with Gasteiger partial charge in [0.15, 0.2) is 0 Å². The van der Waals surface area contributed by atoms with Crippen LogP contribution >= 0.6 is 23.2 Å². The van der Waals surface area contributed by atoms with Crippen LogP contribution in [0.1, 0.15) is 17.1 Å². The van der Waals surface area contributed by atoms with Crippen LogP contribution in [-0.2, 0) is 11.3 Å². The third-order valence-corrected chi connectivity index (χ3v) is 3.41. The highest BCUT2D eigenvalue weighted by Gasteiger charge is 2.08. The van der Waals surface area contributed by atoms with E-state index in [9.17, 15) is 4.79 Å². The number of hydrogen-bond acceptors (Lipinski definition) is 2. The smallest absolute Gasteiger partial charge is 0.328 e. The van der Waals surface area contributed by atoms with E-state index in [1.54, 1.807) is 18.3 Å². The maximum Gasteiger partial charge on any atom is 0.328 e. The number of aliphatic carboxylic acids is 1. The largest absolute Gasteiger partial charge is 0.478 e. The van der Waals surface area contributed by atoms with Gasteiger partial charge in [-0.25, -0.2) is 9.78 Å². The van der Waals surface area contributed by atoms with Crippen molar-refractivity contribution in [3.63, 3.8) is 0 Å². The van der Waals surface area contributed by atoms with Crippen molar-refractivity contribution in [2.24, 2.45) is 0 Å². The molecule has 1 N–H and O–H groups in total. The summed E-state index contributed by atoms with van der Waals surface area (Å²) in [5.74, 6) is -0.221. The van der Waals surface area contributed by atoms with Crippen LogP contribution < -0.4 is 0 Å². The molecule has 0 bridgehead atoms. The van der Waals surface area contributed by atoms with E-state index in [0.29, 0.717) is 22.3 Å². The molecule has 4 nitrogen and oxygen atoms in total. The Hall–Kier alpha value is -1.78. The Morgan fingerprint density at radius 1 is 1.45 bits per heavy atom. The molecule has 0 amide bonds. The van der Waals surface area contributed by atoms with Crippen LogP contribution in [0.2, 0.25) is 10.0 Å². The average Bonchev–Trinajstić information content (AvgIpc) is 2.71. The molecule has 0 aliphatic heterocycles. The van der Waals surface area contributed by atoms with Gasteiger partial charge in [-0.05, 0) is 30.7 Å². The lowest BCUT2D eigenvalue weighted by Crippen LogP contribution is -2.05. The van der Waals surface area contributed by atoms with Crippen LogP contribution in [0.3, 0.4) is 0 Å². The molecule has 1 heterocycles. The minimum absolute atomic E-state index is 0.501. The molecule has 0 spiro atoms. The Kier molecular flexibility index (Phi) is 4.47. The van der Waals surface area contributed by atoms with E-state index in [0.717, 1.165) is 17.5 Å². The molecule has 104 valence electrons. The number of benzene rings is 1. The lowest BCUT2D eigenvalue weighted by atomic mass is 10.2. The summed E-state index contributed by atoms with van der Waals surface area (Å²) >= 11 is 12.0. The molecule has 0 aliphatic carbocycles. The van der Waals surface area contributed by atoms with E-state index in [4.69, 9.17) is 28.3 Å². The predicted molar refractivity (Wildman–Crippen MR) is 79.2 cm³/mol. The standard InChI is InChI=1S/C14H12Cl2N2O2/c1-9-17-7-12(4-5-14(19)20)18(9)8-10-2-3-11(15)6-13(10)16/h2-7H,8H2,1H3,(H,19,20). The third-order valence-electron chi connectivity index (χ3n) is 2.83. The van der Waals surface area contributed by atoms with E-state index < -0.39 is 5.97 Å². The highest BCUT2D eigenvalue weighted by Crippen LogP contribution is 2.23. The summed E-state index contributed by atoms with van der Waals surface area (Å²) in [6.45, 7) is 2.35. The molecule has 0 saturated heterocycles. The van der Waals surface area contributed by atoms with Crippen molar-refractivity contribution in [2.45, 2.75) is 13.5 Å². The number of aromatic nitrogens is 2. The van der Waals surface area contributed by atoms with Gasteiger partial charge in [-0.15, -0.1) is 0 Å². The van der Waals surface area contributed by atoms with Crippen molar-refractivity contribution in [3.8, 4) is 0 Å². The number of nitrogens with zero attached hydrogens (tertiary/aromatic N) is 2. The van der Waals surface area contributed by atoms with Crippen molar-refractivity contribution in [2.75, 3.05) is 0 Å². The Bertz CT molecular complexity index is 678. The fraction of sp³-hybridized carbons (Fsp3) is 0.143. The fourth-order valence-corrected chi connectivity index (χ4v) is 2.27. The zero-order chi connectivity index (χ0) is 14.7. The molecule has 2 rings (SSSR count). The first-order valence-corrected chi connectivity index (χ1v) is 6.60. The van der Waals surface area contributed by atoms with Gasteiger partial charge in [0, 0.05) is 16.1 Å². The molecule has 6 heteroatoms. The Morgan fingerprint density at radius 2 is 2.20 bits per heavy atom. The summed E-state index contributed by atoms with van der Waals surface area (Å²) in [6.07, 6.45) is 4.21. The molecule has 0 aliphatic rings. The third kappa shape index (κ3) is 3.40.